The fourth-order valence-corrected chi connectivity index (χ4v) is 1.36. The molecule has 0 fully saturated rings. The molecule has 0 aromatic heterocycles. The Bertz CT molecular complexity index is 306. The van der Waals surface area contributed by atoms with Crippen LogP contribution in [0, 0.1) is 13.8 Å². The summed E-state index contributed by atoms with van der Waals surface area (Å²) in [6, 6.07) is 6.27. The van der Waals surface area contributed by atoms with Crippen molar-refractivity contribution in [1.29, 1.82) is 0 Å². The molecule has 0 bridgehead atoms. The molecule has 1 rings (SSSR count). The van der Waals surface area contributed by atoms with Crippen LogP contribution in [0.2, 0.25) is 0 Å². The molecule has 0 aliphatic heterocycles. The average Bonchev–Trinajstić information content (AvgIpc) is 2.01. The van der Waals surface area contributed by atoms with Gasteiger partial charge in [-0.15, -0.1) is 6.58 Å². The molecule has 0 aliphatic rings. The van der Waals surface area contributed by atoms with Crippen LogP contribution in [-0.4, -0.2) is 6.61 Å². The van der Waals surface area contributed by atoms with Crippen LogP contribution in [0.4, 0.5) is 0 Å². The molecule has 0 N–H and O–H groups in total. The highest BCUT2D eigenvalue weighted by molar-refractivity contribution is 5.32. The van der Waals surface area contributed by atoms with E-state index in [9.17, 15) is 0 Å². The minimum atomic E-state index is 0.720. The molecule has 76 valence electrons. The highest BCUT2D eigenvalue weighted by Crippen LogP contribution is 2.16. The van der Waals surface area contributed by atoms with E-state index in [1.165, 1.54) is 11.1 Å². The third-order valence-corrected chi connectivity index (χ3v) is 1.99. The van der Waals surface area contributed by atoms with Gasteiger partial charge in [-0.1, -0.05) is 11.6 Å². The van der Waals surface area contributed by atoms with Gasteiger partial charge in [0.1, 0.15) is 5.75 Å². The fraction of sp³-hybridized carbons (Fsp3) is 0.385. The summed E-state index contributed by atoms with van der Waals surface area (Å²) in [7, 11) is 0. The van der Waals surface area contributed by atoms with Crippen LogP contribution in [0.1, 0.15) is 24.5 Å². The summed E-state index contributed by atoms with van der Waals surface area (Å²) in [5, 5.41) is 0. The molecule has 0 saturated heterocycles. The zero-order chi connectivity index (χ0) is 10.6. The summed E-state index contributed by atoms with van der Waals surface area (Å²) in [5.74, 6) is 0.962. The second-order valence-electron chi connectivity index (χ2n) is 3.88. The fourth-order valence-electron chi connectivity index (χ4n) is 1.36. The summed E-state index contributed by atoms with van der Waals surface area (Å²) < 4.78 is 5.62. The van der Waals surface area contributed by atoms with Crippen LogP contribution < -0.4 is 4.74 Å². The Hall–Kier alpha value is -1.24. The molecule has 0 heterocycles. The molecular weight excluding hydrogens is 172 g/mol. The normalized spacial score (nSPS) is 9.93. The maximum absolute atomic E-state index is 5.62. The molecule has 0 atom stereocenters. The number of hydrogen-bond donors (Lipinski definition) is 0. The van der Waals surface area contributed by atoms with Gasteiger partial charge in [0.15, 0.2) is 0 Å². The molecule has 0 unspecified atom stereocenters. The van der Waals surface area contributed by atoms with Crippen molar-refractivity contribution in [3.63, 3.8) is 0 Å². The topological polar surface area (TPSA) is 9.23 Å². The predicted octanol–water partition coefficient (Wildman–Crippen LogP) is 3.65. The van der Waals surface area contributed by atoms with E-state index in [-0.39, 0.29) is 0 Å². The van der Waals surface area contributed by atoms with Crippen LogP contribution in [0.15, 0.2) is 30.4 Å². The number of hydrogen-bond acceptors (Lipinski definition) is 1. The van der Waals surface area contributed by atoms with E-state index >= 15 is 0 Å². The van der Waals surface area contributed by atoms with Crippen LogP contribution in [0.3, 0.4) is 0 Å². The van der Waals surface area contributed by atoms with Crippen molar-refractivity contribution in [1.82, 2.24) is 0 Å². The highest BCUT2D eigenvalue weighted by Gasteiger charge is 1.96. The van der Waals surface area contributed by atoms with Gasteiger partial charge >= 0.3 is 0 Å². The number of ether oxygens (including phenoxy) is 1. The van der Waals surface area contributed by atoms with Crippen molar-refractivity contribution in [2.75, 3.05) is 6.61 Å². The highest BCUT2D eigenvalue weighted by atomic mass is 16.5. The first-order valence-corrected chi connectivity index (χ1v) is 4.93. The molecule has 1 nitrogen and oxygen atoms in total. The van der Waals surface area contributed by atoms with Gasteiger partial charge in [-0.2, -0.15) is 0 Å². The van der Waals surface area contributed by atoms with Crippen molar-refractivity contribution < 1.29 is 4.74 Å². The van der Waals surface area contributed by atoms with Crippen molar-refractivity contribution in [3.8, 4) is 5.75 Å². The maximum atomic E-state index is 5.62. The summed E-state index contributed by atoms with van der Waals surface area (Å²) in [6.07, 6.45) is 0.924. The van der Waals surface area contributed by atoms with Crippen LogP contribution in [0.25, 0.3) is 0 Å². The van der Waals surface area contributed by atoms with Crippen molar-refractivity contribution in [2.45, 2.75) is 27.2 Å². The van der Waals surface area contributed by atoms with Gasteiger partial charge < -0.3 is 4.74 Å². The smallest absolute Gasteiger partial charge is 0.119 e. The molecule has 0 saturated carbocycles. The Kier molecular flexibility index (Phi) is 3.75. The van der Waals surface area contributed by atoms with E-state index in [4.69, 9.17) is 4.74 Å². The maximum Gasteiger partial charge on any atom is 0.119 e. The molecule has 0 radical (unpaired) electrons. The molecule has 1 aromatic carbocycles. The molecular formula is C13H18O. The Morgan fingerprint density at radius 2 is 1.79 bits per heavy atom. The molecule has 0 spiro atoms. The van der Waals surface area contributed by atoms with E-state index in [0.29, 0.717) is 0 Å². The van der Waals surface area contributed by atoms with Crippen molar-refractivity contribution >= 4 is 0 Å². The van der Waals surface area contributed by atoms with Gasteiger partial charge in [0.2, 0.25) is 0 Å². The van der Waals surface area contributed by atoms with Crippen LogP contribution in [0.5, 0.6) is 5.75 Å². The largest absolute Gasteiger partial charge is 0.493 e. The average molecular weight is 190 g/mol. The van der Waals surface area contributed by atoms with Crippen molar-refractivity contribution in [3.05, 3.63) is 41.5 Å². The zero-order valence-electron chi connectivity index (χ0n) is 9.26. The Balaban J connectivity index is 2.54. The second kappa shape index (κ2) is 4.85. The van der Waals surface area contributed by atoms with Crippen molar-refractivity contribution in [2.24, 2.45) is 0 Å². The van der Waals surface area contributed by atoms with Gasteiger partial charge in [-0.25, -0.2) is 0 Å². The molecule has 1 heteroatoms. The Morgan fingerprint density at radius 1 is 1.21 bits per heavy atom. The Labute approximate surface area is 86.4 Å². The van der Waals surface area contributed by atoms with E-state index in [2.05, 4.69) is 38.6 Å². The third kappa shape index (κ3) is 3.65. The Morgan fingerprint density at radius 3 is 2.29 bits per heavy atom. The molecule has 1 aromatic rings. The van der Waals surface area contributed by atoms with Gasteiger partial charge in [0, 0.05) is 6.42 Å². The minimum absolute atomic E-state index is 0.720. The third-order valence-electron chi connectivity index (χ3n) is 1.99. The van der Waals surface area contributed by atoms with Gasteiger partial charge in [0.05, 0.1) is 6.61 Å². The minimum Gasteiger partial charge on any atom is -0.493 e. The SMILES string of the molecule is C=C(C)CCOc1cc(C)cc(C)c1. The molecule has 0 amide bonds. The lowest BCUT2D eigenvalue weighted by molar-refractivity contribution is 0.321. The standard InChI is InChI=1S/C13H18O/c1-10(2)5-6-14-13-8-11(3)7-12(4)9-13/h7-9H,1,5-6H2,2-4H3. The lowest BCUT2D eigenvalue weighted by atomic mass is 10.1. The number of rotatable bonds is 4. The van der Waals surface area contributed by atoms with E-state index in [1.54, 1.807) is 0 Å². The summed E-state index contributed by atoms with van der Waals surface area (Å²) in [6.45, 7) is 10.7. The quantitative estimate of drug-likeness (QED) is 0.658. The van der Waals surface area contributed by atoms with Gasteiger partial charge in [-0.3, -0.25) is 0 Å². The monoisotopic (exact) mass is 190 g/mol. The first kappa shape index (κ1) is 10.8. The van der Waals surface area contributed by atoms with E-state index < -0.39 is 0 Å². The summed E-state index contributed by atoms with van der Waals surface area (Å²) in [4.78, 5) is 0. The van der Waals surface area contributed by atoms with E-state index in [0.717, 1.165) is 24.4 Å². The second-order valence-corrected chi connectivity index (χ2v) is 3.88. The van der Waals surface area contributed by atoms with Crippen LogP contribution >= 0.6 is 0 Å². The van der Waals surface area contributed by atoms with Gasteiger partial charge in [-0.05, 0) is 44.0 Å². The van der Waals surface area contributed by atoms with E-state index in [1.807, 2.05) is 6.92 Å². The summed E-state index contributed by atoms with van der Waals surface area (Å²) in [5.41, 5.74) is 3.65. The first-order chi connectivity index (χ1) is 6.58. The van der Waals surface area contributed by atoms with Gasteiger partial charge in [0.25, 0.3) is 0 Å². The molecule has 0 aliphatic carbocycles. The predicted molar refractivity (Wildman–Crippen MR) is 60.8 cm³/mol. The number of aryl methyl sites for hydroxylation is 2. The zero-order valence-corrected chi connectivity index (χ0v) is 9.26. The first-order valence-electron chi connectivity index (χ1n) is 4.93. The lowest BCUT2D eigenvalue weighted by Gasteiger charge is -2.07. The lowest BCUT2D eigenvalue weighted by Crippen LogP contribution is -1.98. The van der Waals surface area contributed by atoms with Crippen LogP contribution in [-0.2, 0) is 0 Å². The summed E-state index contributed by atoms with van der Waals surface area (Å²) >= 11 is 0. The number of benzene rings is 1. The molecule has 14 heavy (non-hydrogen) atoms.